The molecule has 0 spiro atoms. The number of carbonyl (C=O) groups excluding carboxylic acids is 1. The van der Waals surface area contributed by atoms with Crippen LogP contribution in [0.5, 0.6) is 0 Å². The van der Waals surface area contributed by atoms with Gasteiger partial charge in [0.15, 0.2) is 17.7 Å². The van der Waals surface area contributed by atoms with Crippen molar-refractivity contribution in [2.24, 2.45) is 0 Å². The topological polar surface area (TPSA) is 76.5 Å². The van der Waals surface area contributed by atoms with Crippen molar-refractivity contribution >= 4 is 11.6 Å². The molecule has 1 atom stereocenters. The van der Waals surface area contributed by atoms with Crippen molar-refractivity contribution in [1.82, 2.24) is 24.5 Å². The Balaban J connectivity index is 1.70. The summed E-state index contributed by atoms with van der Waals surface area (Å²) in [5.74, 6) is 0.467. The van der Waals surface area contributed by atoms with E-state index in [9.17, 15) is 4.79 Å². The number of aryl methyl sites for hydroxylation is 1. The summed E-state index contributed by atoms with van der Waals surface area (Å²) < 4.78 is 6.90. The first-order chi connectivity index (χ1) is 11.2. The number of rotatable bonds is 2. The zero-order valence-electron chi connectivity index (χ0n) is 12.8. The minimum Gasteiger partial charge on any atom is -0.448 e. The Kier molecular flexibility index (Phi) is 3.33. The Hall–Kier alpha value is -2.70. The van der Waals surface area contributed by atoms with Crippen LogP contribution in [-0.2, 0) is 0 Å². The van der Waals surface area contributed by atoms with E-state index in [4.69, 9.17) is 4.42 Å². The van der Waals surface area contributed by atoms with Crippen molar-refractivity contribution in [3.05, 3.63) is 48.1 Å². The van der Waals surface area contributed by atoms with Gasteiger partial charge in [0.2, 0.25) is 0 Å². The van der Waals surface area contributed by atoms with Gasteiger partial charge >= 0.3 is 0 Å². The molecule has 1 fully saturated rings. The number of carbonyl (C=O) groups is 1. The molecule has 3 aromatic heterocycles. The number of oxazole rings is 1. The van der Waals surface area contributed by atoms with Gasteiger partial charge in [0.25, 0.3) is 5.91 Å². The second kappa shape index (κ2) is 5.49. The molecule has 0 saturated carbocycles. The normalized spacial score (nSPS) is 18.5. The van der Waals surface area contributed by atoms with E-state index in [2.05, 4.69) is 15.1 Å². The predicted molar refractivity (Wildman–Crippen MR) is 81.9 cm³/mol. The molecule has 0 unspecified atom stereocenters. The van der Waals surface area contributed by atoms with E-state index in [1.807, 2.05) is 23.2 Å². The van der Waals surface area contributed by atoms with E-state index in [1.165, 1.54) is 6.39 Å². The number of aromatic nitrogens is 4. The maximum absolute atomic E-state index is 12.8. The SMILES string of the molecule is Cc1ocnc1C(=O)N1CCCC[C@@H]1c1ccn2nccc2n1. The quantitative estimate of drug-likeness (QED) is 0.726. The molecule has 1 aliphatic rings. The van der Waals surface area contributed by atoms with Gasteiger partial charge in [-0.15, -0.1) is 0 Å². The van der Waals surface area contributed by atoms with Gasteiger partial charge in [-0.3, -0.25) is 4.79 Å². The lowest BCUT2D eigenvalue weighted by molar-refractivity contribution is 0.0599. The first-order valence-corrected chi connectivity index (χ1v) is 7.75. The highest BCUT2D eigenvalue weighted by Gasteiger charge is 2.31. The largest absolute Gasteiger partial charge is 0.448 e. The highest BCUT2D eigenvalue weighted by Crippen LogP contribution is 2.31. The van der Waals surface area contributed by atoms with E-state index < -0.39 is 0 Å². The van der Waals surface area contributed by atoms with Crippen LogP contribution in [0.1, 0.15) is 47.2 Å². The molecule has 0 aromatic carbocycles. The molecule has 118 valence electrons. The summed E-state index contributed by atoms with van der Waals surface area (Å²) >= 11 is 0. The molecule has 7 heteroatoms. The third-order valence-corrected chi connectivity index (χ3v) is 4.33. The van der Waals surface area contributed by atoms with Gasteiger partial charge in [0, 0.05) is 18.8 Å². The van der Waals surface area contributed by atoms with Gasteiger partial charge < -0.3 is 9.32 Å². The monoisotopic (exact) mass is 311 g/mol. The molecular formula is C16H17N5O2. The van der Waals surface area contributed by atoms with Crippen LogP contribution < -0.4 is 0 Å². The average Bonchev–Trinajstić information content (AvgIpc) is 3.22. The van der Waals surface area contributed by atoms with Crippen LogP contribution in [0.2, 0.25) is 0 Å². The number of amides is 1. The second-order valence-electron chi connectivity index (χ2n) is 5.75. The number of likely N-dealkylation sites (tertiary alicyclic amines) is 1. The fraction of sp³-hybridized carbons (Fsp3) is 0.375. The highest BCUT2D eigenvalue weighted by atomic mass is 16.3. The van der Waals surface area contributed by atoms with Crippen molar-refractivity contribution in [2.45, 2.75) is 32.2 Å². The van der Waals surface area contributed by atoms with Crippen LogP contribution in [0.4, 0.5) is 0 Å². The molecule has 1 amide bonds. The third-order valence-electron chi connectivity index (χ3n) is 4.33. The van der Waals surface area contributed by atoms with Crippen LogP contribution in [0.25, 0.3) is 5.65 Å². The Labute approximate surface area is 132 Å². The minimum atomic E-state index is -0.0869. The van der Waals surface area contributed by atoms with Crippen molar-refractivity contribution in [2.75, 3.05) is 6.54 Å². The standard InChI is InChI=1S/C16H17N5O2/c1-11-15(17-10-23-11)16(22)20-8-3-2-4-13(20)12-6-9-21-14(19-12)5-7-18-21/h5-7,9-10,13H,2-4,8H2,1H3/t13-/m1/s1. The first-order valence-electron chi connectivity index (χ1n) is 7.75. The third kappa shape index (κ3) is 2.38. The molecule has 7 nitrogen and oxygen atoms in total. The molecule has 23 heavy (non-hydrogen) atoms. The van der Waals surface area contributed by atoms with E-state index in [1.54, 1.807) is 17.6 Å². The molecular weight excluding hydrogens is 294 g/mol. The van der Waals surface area contributed by atoms with Crippen molar-refractivity contribution in [3.63, 3.8) is 0 Å². The maximum atomic E-state index is 12.8. The van der Waals surface area contributed by atoms with E-state index in [0.717, 1.165) is 30.6 Å². The summed E-state index contributed by atoms with van der Waals surface area (Å²) in [6, 6.07) is 3.76. The number of hydrogen-bond acceptors (Lipinski definition) is 5. The average molecular weight is 311 g/mol. The lowest BCUT2D eigenvalue weighted by Crippen LogP contribution is -2.39. The zero-order chi connectivity index (χ0) is 15.8. The second-order valence-corrected chi connectivity index (χ2v) is 5.75. The lowest BCUT2D eigenvalue weighted by atomic mass is 9.98. The summed E-state index contributed by atoms with van der Waals surface area (Å²) in [6.45, 7) is 2.47. The maximum Gasteiger partial charge on any atom is 0.276 e. The summed E-state index contributed by atoms with van der Waals surface area (Å²) in [6.07, 6.45) is 7.90. The molecule has 4 heterocycles. The highest BCUT2D eigenvalue weighted by molar-refractivity contribution is 5.93. The number of piperidine rings is 1. The Morgan fingerprint density at radius 2 is 2.26 bits per heavy atom. The molecule has 0 aliphatic carbocycles. The Bertz CT molecular complexity index is 853. The van der Waals surface area contributed by atoms with Crippen LogP contribution in [0.15, 0.2) is 35.3 Å². The molecule has 1 saturated heterocycles. The van der Waals surface area contributed by atoms with Gasteiger partial charge in [-0.1, -0.05) is 0 Å². The molecule has 3 aromatic rings. The van der Waals surface area contributed by atoms with Crippen molar-refractivity contribution in [3.8, 4) is 0 Å². The summed E-state index contributed by atoms with van der Waals surface area (Å²) in [5, 5.41) is 4.16. The fourth-order valence-electron chi connectivity index (χ4n) is 3.14. The smallest absolute Gasteiger partial charge is 0.276 e. The van der Waals surface area contributed by atoms with Crippen molar-refractivity contribution in [1.29, 1.82) is 0 Å². The number of fused-ring (bicyclic) bond motifs is 1. The van der Waals surface area contributed by atoms with Gasteiger partial charge in [-0.05, 0) is 32.3 Å². The molecule has 0 radical (unpaired) electrons. The Morgan fingerprint density at radius 3 is 3.09 bits per heavy atom. The summed E-state index contributed by atoms with van der Waals surface area (Å²) in [7, 11) is 0. The van der Waals surface area contributed by atoms with Gasteiger partial charge in [0.05, 0.1) is 17.9 Å². The first kappa shape index (κ1) is 13.9. The Morgan fingerprint density at radius 1 is 1.35 bits per heavy atom. The molecule has 0 N–H and O–H groups in total. The lowest BCUT2D eigenvalue weighted by Gasteiger charge is -2.35. The van der Waals surface area contributed by atoms with E-state index in [-0.39, 0.29) is 11.9 Å². The number of nitrogens with zero attached hydrogens (tertiary/aromatic N) is 5. The van der Waals surface area contributed by atoms with E-state index in [0.29, 0.717) is 18.0 Å². The van der Waals surface area contributed by atoms with Crippen LogP contribution in [0.3, 0.4) is 0 Å². The number of hydrogen-bond donors (Lipinski definition) is 0. The van der Waals surface area contributed by atoms with Crippen LogP contribution in [-0.4, -0.2) is 36.9 Å². The molecule has 0 bridgehead atoms. The molecule has 1 aliphatic heterocycles. The minimum absolute atomic E-state index is 0.0350. The van der Waals surface area contributed by atoms with Gasteiger partial charge in [-0.25, -0.2) is 14.5 Å². The summed E-state index contributed by atoms with van der Waals surface area (Å²) in [4.78, 5) is 23.4. The zero-order valence-corrected chi connectivity index (χ0v) is 12.8. The fourth-order valence-corrected chi connectivity index (χ4v) is 3.14. The van der Waals surface area contributed by atoms with Crippen LogP contribution in [0, 0.1) is 6.92 Å². The summed E-state index contributed by atoms with van der Waals surface area (Å²) in [5.41, 5.74) is 2.08. The van der Waals surface area contributed by atoms with Crippen LogP contribution >= 0.6 is 0 Å². The van der Waals surface area contributed by atoms with Gasteiger partial charge in [0.1, 0.15) is 5.76 Å². The van der Waals surface area contributed by atoms with E-state index >= 15 is 0 Å². The predicted octanol–water partition coefficient (Wildman–Crippen LogP) is 2.39. The molecule has 4 rings (SSSR count). The van der Waals surface area contributed by atoms with Crippen molar-refractivity contribution < 1.29 is 9.21 Å². The van der Waals surface area contributed by atoms with Gasteiger partial charge in [-0.2, -0.15) is 5.10 Å².